The summed E-state index contributed by atoms with van der Waals surface area (Å²) in [6.45, 7) is 3.77. The third kappa shape index (κ3) is 3.75. The van der Waals surface area contributed by atoms with Gasteiger partial charge >= 0.3 is 6.18 Å². The minimum Gasteiger partial charge on any atom is -0.375 e. The second-order valence-electron chi connectivity index (χ2n) is 5.76. The molecule has 2 atom stereocenters. The molecule has 0 aliphatic carbocycles. The fourth-order valence-electron chi connectivity index (χ4n) is 2.86. The molecule has 7 nitrogen and oxygen atoms in total. The van der Waals surface area contributed by atoms with Gasteiger partial charge in [0.25, 0.3) is 0 Å². The van der Waals surface area contributed by atoms with Crippen molar-refractivity contribution in [3.05, 3.63) is 29.9 Å². The zero-order chi connectivity index (χ0) is 17.3. The van der Waals surface area contributed by atoms with Crippen LogP contribution in [0, 0.1) is 6.92 Å². The van der Waals surface area contributed by atoms with E-state index in [1.807, 2.05) is 11.8 Å². The van der Waals surface area contributed by atoms with Gasteiger partial charge < -0.3 is 13.8 Å². The van der Waals surface area contributed by atoms with E-state index in [0.717, 1.165) is 4.57 Å². The standard InChI is InChI=1S/C14H18F3N5O2/c1-9-12(13-19-10(2)20-24-13)21(5-6-23-9)7-11-18-3-4-22(11)8-14(15,16)17/h3-4,9,12H,5-8H2,1-2H3/t9-,12+/m1/s1. The van der Waals surface area contributed by atoms with Crippen LogP contribution in [0.1, 0.15) is 30.5 Å². The molecule has 0 radical (unpaired) electrons. The van der Waals surface area contributed by atoms with E-state index in [4.69, 9.17) is 9.26 Å². The molecule has 0 aromatic carbocycles. The molecule has 0 bridgehead atoms. The Morgan fingerprint density at radius 3 is 2.83 bits per heavy atom. The lowest BCUT2D eigenvalue weighted by Crippen LogP contribution is -2.44. The first kappa shape index (κ1) is 16.9. The Bertz CT molecular complexity index is 684. The predicted octanol–water partition coefficient (Wildman–Crippen LogP) is 2.10. The molecule has 0 amide bonds. The largest absolute Gasteiger partial charge is 0.406 e. The number of alkyl halides is 3. The first-order chi connectivity index (χ1) is 11.3. The van der Waals surface area contributed by atoms with E-state index in [0.29, 0.717) is 30.7 Å². The molecule has 132 valence electrons. The minimum atomic E-state index is -4.29. The molecule has 24 heavy (non-hydrogen) atoms. The first-order valence-corrected chi connectivity index (χ1v) is 7.56. The van der Waals surface area contributed by atoms with Crippen LogP contribution in [0.2, 0.25) is 0 Å². The average molecular weight is 345 g/mol. The van der Waals surface area contributed by atoms with Crippen LogP contribution in [0.4, 0.5) is 13.2 Å². The molecule has 1 aliphatic heterocycles. The van der Waals surface area contributed by atoms with Gasteiger partial charge in [0.2, 0.25) is 5.89 Å². The normalized spacial score (nSPS) is 22.9. The summed E-state index contributed by atoms with van der Waals surface area (Å²) in [4.78, 5) is 10.3. The molecule has 2 aromatic rings. The number of rotatable bonds is 4. The van der Waals surface area contributed by atoms with Crippen molar-refractivity contribution in [2.75, 3.05) is 13.2 Å². The third-order valence-electron chi connectivity index (χ3n) is 3.89. The second-order valence-corrected chi connectivity index (χ2v) is 5.76. The van der Waals surface area contributed by atoms with Gasteiger partial charge in [-0.15, -0.1) is 0 Å². The molecule has 0 saturated carbocycles. The molecule has 0 spiro atoms. The van der Waals surface area contributed by atoms with Crippen LogP contribution in [-0.2, 0) is 17.8 Å². The molecule has 10 heteroatoms. The van der Waals surface area contributed by atoms with Crippen LogP contribution >= 0.6 is 0 Å². The number of ether oxygens (including phenoxy) is 1. The monoisotopic (exact) mass is 345 g/mol. The van der Waals surface area contributed by atoms with Crippen LogP contribution < -0.4 is 0 Å². The van der Waals surface area contributed by atoms with Gasteiger partial charge in [-0.25, -0.2) is 4.98 Å². The van der Waals surface area contributed by atoms with Crippen molar-refractivity contribution < 1.29 is 22.4 Å². The lowest BCUT2D eigenvalue weighted by Gasteiger charge is -2.37. The summed E-state index contributed by atoms with van der Waals surface area (Å²) in [5.41, 5.74) is 0. The molecule has 2 aromatic heterocycles. The maximum atomic E-state index is 12.7. The first-order valence-electron chi connectivity index (χ1n) is 7.56. The Hall–Kier alpha value is -1.94. The lowest BCUT2D eigenvalue weighted by atomic mass is 10.1. The van der Waals surface area contributed by atoms with Gasteiger partial charge in [-0.05, 0) is 13.8 Å². The Balaban J connectivity index is 1.81. The van der Waals surface area contributed by atoms with Gasteiger partial charge in [0, 0.05) is 18.9 Å². The van der Waals surface area contributed by atoms with Crippen LogP contribution in [0.5, 0.6) is 0 Å². The molecule has 3 heterocycles. The highest BCUT2D eigenvalue weighted by Gasteiger charge is 2.36. The van der Waals surface area contributed by atoms with Gasteiger partial charge in [0.15, 0.2) is 5.82 Å². The summed E-state index contributed by atoms with van der Waals surface area (Å²) in [7, 11) is 0. The highest BCUT2D eigenvalue weighted by atomic mass is 19.4. The average Bonchev–Trinajstić information content (AvgIpc) is 3.07. The zero-order valence-electron chi connectivity index (χ0n) is 13.3. The summed E-state index contributed by atoms with van der Waals surface area (Å²) in [6.07, 6.45) is -1.81. The second kappa shape index (κ2) is 6.52. The quantitative estimate of drug-likeness (QED) is 0.845. The van der Waals surface area contributed by atoms with Gasteiger partial charge in [0.1, 0.15) is 18.4 Å². The number of imidazole rings is 1. The fraction of sp³-hybridized carbons (Fsp3) is 0.643. The lowest BCUT2D eigenvalue weighted by molar-refractivity contribution is -0.141. The van der Waals surface area contributed by atoms with Gasteiger partial charge in [-0.2, -0.15) is 18.2 Å². The predicted molar refractivity (Wildman–Crippen MR) is 75.9 cm³/mol. The van der Waals surface area contributed by atoms with E-state index >= 15 is 0 Å². The van der Waals surface area contributed by atoms with E-state index in [9.17, 15) is 13.2 Å². The van der Waals surface area contributed by atoms with Crippen LogP contribution in [0.25, 0.3) is 0 Å². The van der Waals surface area contributed by atoms with Crippen LogP contribution in [0.3, 0.4) is 0 Å². The molecular formula is C14H18F3N5O2. The summed E-state index contributed by atoms with van der Waals surface area (Å²) >= 11 is 0. The maximum absolute atomic E-state index is 12.7. The molecular weight excluding hydrogens is 327 g/mol. The van der Waals surface area contributed by atoms with Crippen molar-refractivity contribution in [3.63, 3.8) is 0 Å². The third-order valence-corrected chi connectivity index (χ3v) is 3.89. The van der Waals surface area contributed by atoms with Crippen LogP contribution in [0.15, 0.2) is 16.9 Å². The highest BCUT2D eigenvalue weighted by Crippen LogP contribution is 2.30. The SMILES string of the molecule is Cc1noc([C@@H]2[C@@H](C)OCCN2Cc2nccn2CC(F)(F)F)n1. The number of hydrogen-bond acceptors (Lipinski definition) is 6. The van der Waals surface area contributed by atoms with Crippen molar-refractivity contribution in [3.8, 4) is 0 Å². The van der Waals surface area contributed by atoms with Crippen molar-refractivity contribution in [2.45, 2.75) is 45.3 Å². The van der Waals surface area contributed by atoms with E-state index in [-0.39, 0.29) is 18.7 Å². The number of hydrogen-bond donors (Lipinski definition) is 0. The van der Waals surface area contributed by atoms with Crippen molar-refractivity contribution in [1.82, 2.24) is 24.6 Å². The fourth-order valence-corrected chi connectivity index (χ4v) is 2.86. The topological polar surface area (TPSA) is 69.2 Å². The van der Waals surface area contributed by atoms with Gasteiger partial charge in [0.05, 0.1) is 19.3 Å². The van der Waals surface area contributed by atoms with E-state index < -0.39 is 12.7 Å². The molecule has 0 N–H and O–H groups in total. The smallest absolute Gasteiger partial charge is 0.375 e. The number of nitrogens with zero attached hydrogens (tertiary/aromatic N) is 5. The van der Waals surface area contributed by atoms with Crippen molar-refractivity contribution in [1.29, 1.82) is 0 Å². The minimum absolute atomic E-state index is 0.218. The molecule has 0 unspecified atom stereocenters. The van der Waals surface area contributed by atoms with Gasteiger partial charge in [-0.3, -0.25) is 4.90 Å². The van der Waals surface area contributed by atoms with Crippen molar-refractivity contribution >= 4 is 0 Å². The van der Waals surface area contributed by atoms with E-state index in [2.05, 4.69) is 15.1 Å². The number of morpholine rings is 1. The Morgan fingerprint density at radius 1 is 1.38 bits per heavy atom. The maximum Gasteiger partial charge on any atom is 0.406 e. The van der Waals surface area contributed by atoms with E-state index in [1.54, 1.807) is 6.92 Å². The number of halogens is 3. The zero-order valence-corrected chi connectivity index (χ0v) is 13.3. The Morgan fingerprint density at radius 2 is 2.17 bits per heavy atom. The summed E-state index contributed by atoms with van der Waals surface area (Å²) in [6, 6.07) is -0.323. The highest BCUT2D eigenvalue weighted by molar-refractivity contribution is 5.01. The summed E-state index contributed by atoms with van der Waals surface area (Å²) in [5.74, 6) is 1.23. The number of aryl methyl sites for hydroxylation is 1. The molecule has 1 saturated heterocycles. The molecule has 1 aliphatic rings. The van der Waals surface area contributed by atoms with Crippen LogP contribution in [-0.4, -0.2) is 50.0 Å². The Labute approximate surface area is 136 Å². The molecule has 1 fully saturated rings. The summed E-state index contributed by atoms with van der Waals surface area (Å²) in [5, 5.41) is 3.79. The molecule has 3 rings (SSSR count). The van der Waals surface area contributed by atoms with Crippen molar-refractivity contribution in [2.24, 2.45) is 0 Å². The van der Waals surface area contributed by atoms with Gasteiger partial charge in [-0.1, -0.05) is 5.16 Å². The Kier molecular flexibility index (Phi) is 4.59. The van der Waals surface area contributed by atoms with E-state index in [1.165, 1.54) is 12.4 Å². The summed E-state index contributed by atoms with van der Waals surface area (Å²) < 4.78 is 50.0. The number of aromatic nitrogens is 4.